The molecule has 1 heterocycles. The van der Waals surface area contributed by atoms with Gasteiger partial charge in [-0.15, -0.1) is 5.10 Å². The molecular weight excluding hydrogens is 209 g/mol. The second-order valence-electron chi connectivity index (χ2n) is 2.64. The highest BCUT2D eigenvalue weighted by atomic mass is 35.5. The molecule has 3 nitrogen and oxygen atoms in total. The second-order valence-corrected chi connectivity index (χ2v) is 3.40. The lowest BCUT2D eigenvalue weighted by atomic mass is 10.3. The summed E-state index contributed by atoms with van der Waals surface area (Å²) in [6.45, 7) is 2.97. The van der Waals surface area contributed by atoms with Crippen molar-refractivity contribution in [2.75, 3.05) is 11.9 Å². The van der Waals surface area contributed by atoms with E-state index in [9.17, 15) is 0 Å². The Morgan fingerprint density at radius 2 is 2.23 bits per heavy atom. The van der Waals surface area contributed by atoms with Crippen LogP contribution in [0.25, 0.3) is 0 Å². The third-order valence-electron chi connectivity index (χ3n) is 1.59. The molecule has 0 bridgehead atoms. The summed E-state index contributed by atoms with van der Waals surface area (Å²) in [6.07, 6.45) is 3.68. The molecule has 0 aliphatic heterocycles. The van der Waals surface area contributed by atoms with Crippen molar-refractivity contribution in [2.45, 2.75) is 19.8 Å². The number of nitrogens with zero attached hydrogens (tertiary/aromatic N) is 2. The third kappa shape index (κ3) is 3.01. The summed E-state index contributed by atoms with van der Waals surface area (Å²) in [5, 5.41) is 11.3. The van der Waals surface area contributed by atoms with E-state index in [1.165, 1.54) is 6.20 Å². The number of rotatable bonds is 4. The molecule has 0 amide bonds. The lowest BCUT2D eigenvalue weighted by Gasteiger charge is -2.07. The minimum atomic E-state index is 0.323. The highest BCUT2D eigenvalue weighted by molar-refractivity contribution is 6.38. The number of anilines is 1. The van der Waals surface area contributed by atoms with Crippen LogP contribution in [0.2, 0.25) is 10.2 Å². The van der Waals surface area contributed by atoms with Crippen LogP contribution in [0.5, 0.6) is 0 Å². The molecule has 0 radical (unpaired) electrons. The van der Waals surface area contributed by atoms with E-state index in [0.29, 0.717) is 15.9 Å². The normalized spacial score (nSPS) is 10.1. The highest BCUT2D eigenvalue weighted by Crippen LogP contribution is 2.26. The summed E-state index contributed by atoms with van der Waals surface area (Å²) in [6, 6.07) is 0. The first-order valence-corrected chi connectivity index (χ1v) is 4.92. The van der Waals surface area contributed by atoms with Crippen molar-refractivity contribution in [1.82, 2.24) is 10.2 Å². The molecule has 13 heavy (non-hydrogen) atoms. The first kappa shape index (κ1) is 10.5. The fourth-order valence-corrected chi connectivity index (χ4v) is 1.35. The molecule has 72 valence electrons. The summed E-state index contributed by atoms with van der Waals surface area (Å²) >= 11 is 11.6. The smallest absolute Gasteiger partial charge is 0.176 e. The van der Waals surface area contributed by atoms with E-state index in [2.05, 4.69) is 22.4 Å². The minimum absolute atomic E-state index is 0.323. The minimum Gasteiger partial charge on any atom is -0.381 e. The Kier molecular flexibility index (Phi) is 4.25. The summed E-state index contributed by atoms with van der Waals surface area (Å²) in [7, 11) is 0. The molecule has 5 heteroatoms. The van der Waals surface area contributed by atoms with Gasteiger partial charge in [-0.3, -0.25) is 0 Å². The maximum absolute atomic E-state index is 5.86. The Bertz CT molecular complexity index is 258. The Balaban J connectivity index is 2.64. The monoisotopic (exact) mass is 219 g/mol. The van der Waals surface area contributed by atoms with Gasteiger partial charge >= 0.3 is 0 Å². The molecule has 1 rings (SSSR count). The van der Waals surface area contributed by atoms with Crippen LogP contribution >= 0.6 is 23.2 Å². The van der Waals surface area contributed by atoms with Crippen LogP contribution in [0.4, 0.5) is 5.69 Å². The number of hydrogen-bond donors (Lipinski definition) is 1. The quantitative estimate of drug-likeness (QED) is 0.792. The van der Waals surface area contributed by atoms with E-state index < -0.39 is 0 Å². The zero-order valence-electron chi connectivity index (χ0n) is 7.35. The molecule has 0 fully saturated rings. The summed E-state index contributed by atoms with van der Waals surface area (Å²) < 4.78 is 0. The molecule has 0 aromatic carbocycles. The van der Waals surface area contributed by atoms with E-state index >= 15 is 0 Å². The van der Waals surface area contributed by atoms with E-state index in [4.69, 9.17) is 23.2 Å². The van der Waals surface area contributed by atoms with Gasteiger partial charge < -0.3 is 5.32 Å². The molecule has 0 atom stereocenters. The lowest BCUT2D eigenvalue weighted by molar-refractivity contribution is 0.832. The van der Waals surface area contributed by atoms with Gasteiger partial charge in [0.15, 0.2) is 5.15 Å². The largest absolute Gasteiger partial charge is 0.381 e. The molecule has 0 saturated heterocycles. The SMILES string of the molecule is CCCCNc1c(Cl)cnnc1Cl. The van der Waals surface area contributed by atoms with Gasteiger partial charge in [0, 0.05) is 6.54 Å². The van der Waals surface area contributed by atoms with Crippen molar-refractivity contribution in [1.29, 1.82) is 0 Å². The fourth-order valence-electron chi connectivity index (χ4n) is 0.891. The average molecular weight is 220 g/mol. The molecule has 0 unspecified atom stereocenters. The summed E-state index contributed by atoms with van der Waals surface area (Å²) in [4.78, 5) is 0. The van der Waals surface area contributed by atoms with Gasteiger partial charge in [-0.25, -0.2) is 0 Å². The van der Waals surface area contributed by atoms with Gasteiger partial charge in [0.25, 0.3) is 0 Å². The Morgan fingerprint density at radius 3 is 2.85 bits per heavy atom. The Hall–Kier alpha value is -0.540. The topological polar surface area (TPSA) is 37.8 Å². The zero-order chi connectivity index (χ0) is 9.68. The molecule has 0 spiro atoms. The molecule has 0 aliphatic carbocycles. The maximum Gasteiger partial charge on any atom is 0.176 e. The third-order valence-corrected chi connectivity index (χ3v) is 2.14. The molecule has 0 aliphatic rings. The van der Waals surface area contributed by atoms with E-state index in [1.807, 2.05) is 0 Å². The van der Waals surface area contributed by atoms with Gasteiger partial charge in [-0.1, -0.05) is 36.5 Å². The number of halogens is 2. The number of hydrogen-bond acceptors (Lipinski definition) is 3. The van der Waals surface area contributed by atoms with Crippen LogP contribution in [-0.4, -0.2) is 16.7 Å². The summed E-state index contributed by atoms with van der Waals surface area (Å²) in [5.41, 5.74) is 0.673. The molecule has 1 aromatic rings. The Labute approximate surface area is 87.5 Å². The molecule has 1 aromatic heterocycles. The van der Waals surface area contributed by atoms with Gasteiger partial charge in [0.1, 0.15) is 0 Å². The van der Waals surface area contributed by atoms with Crippen LogP contribution in [0.15, 0.2) is 6.20 Å². The molecule has 0 saturated carbocycles. The Morgan fingerprint density at radius 1 is 1.46 bits per heavy atom. The van der Waals surface area contributed by atoms with Crippen molar-refractivity contribution in [3.63, 3.8) is 0 Å². The van der Waals surface area contributed by atoms with Crippen molar-refractivity contribution >= 4 is 28.9 Å². The van der Waals surface area contributed by atoms with Crippen molar-refractivity contribution in [3.8, 4) is 0 Å². The van der Waals surface area contributed by atoms with Crippen LogP contribution in [-0.2, 0) is 0 Å². The van der Waals surface area contributed by atoms with Crippen LogP contribution in [0.3, 0.4) is 0 Å². The van der Waals surface area contributed by atoms with Gasteiger partial charge in [0.05, 0.1) is 16.9 Å². The van der Waals surface area contributed by atoms with Gasteiger partial charge in [0.2, 0.25) is 0 Å². The number of aromatic nitrogens is 2. The zero-order valence-corrected chi connectivity index (χ0v) is 8.86. The van der Waals surface area contributed by atoms with Gasteiger partial charge in [-0.05, 0) is 6.42 Å². The predicted octanol–water partition coefficient (Wildman–Crippen LogP) is 3.00. The molecule has 1 N–H and O–H groups in total. The number of nitrogens with one attached hydrogen (secondary N) is 1. The van der Waals surface area contributed by atoms with Crippen LogP contribution in [0.1, 0.15) is 19.8 Å². The lowest BCUT2D eigenvalue weighted by Crippen LogP contribution is -2.03. The van der Waals surface area contributed by atoms with Crippen LogP contribution in [0, 0.1) is 0 Å². The van der Waals surface area contributed by atoms with Crippen molar-refractivity contribution in [3.05, 3.63) is 16.4 Å². The highest BCUT2D eigenvalue weighted by Gasteiger charge is 2.05. The molecular formula is C8H11Cl2N3. The van der Waals surface area contributed by atoms with Crippen molar-refractivity contribution in [2.24, 2.45) is 0 Å². The van der Waals surface area contributed by atoms with Gasteiger partial charge in [-0.2, -0.15) is 5.10 Å². The number of unbranched alkanes of at least 4 members (excludes halogenated alkanes) is 1. The second kappa shape index (κ2) is 5.25. The predicted molar refractivity (Wildman–Crippen MR) is 55.4 cm³/mol. The average Bonchev–Trinajstić information content (AvgIpc) is 2.10. The van der Waals surface area contributed by atoms with E-state index in [0.717, 1.165) is 19.4 Å². The van der Waals surface area contributed by atoms with Crippen molar-refractivity contribution < 1.29 is 0 Å². The standard InChI is InChI=1S/C8H11Cl2N3/c1-2-3-4-11-7-6(9)5-12-13-8(7)10/h5H,2-4H2,1H3,(H,11,12). The fraction of sp³-hybridized carbons (Fsp3) is 0.500. The maximum atomic E-state index is 5.86. The first-order valence-electron chi connectivity index (χ1n) is 4.16. The van der Waals surface area contributed by atoms with E-state index in [1.54, 1.807) is 0 Å². The summed E-state index contributed by atoms with van der Waals surface area (Å²) in [5.74, 6) is 0. The van der Waals surface area contributed by atoms with Crippen LogP contribution < -0.4 is 5.32 Å². The van der Waals surface area contributed by atoms with E-state index in [-0.39, 0.29) is 0 Å². The first-order chi connectivity index (χ1) is 6.25.